The van der Waals surface area contributed by atoms with Gasteiger partial charge in [0.15, 0.2) is 11.2 Å². The fourth-order valence-electron chi connectivity index (χ4n) is 7.03. The van der Waals surface area contributed by atoms with Gasteiger partial charge in [-0.25, -0.2) is 9.78 Å². The Balaban J connectivity index is 1.61. The minimum Gasteiger partial charge on any atom is -0.317 e. The first-order valence-corrected chi connectivity index (χ1v) is 11.4. The monoisotopic (exact) mass is 404 g/mol. The Kier molecular flexibility index (Phi) is 3.89. The summed E-state index contributed by atoms with van der Waals surface area (Å²) in [5.74, 6) is 3.29. The Bertz CT molecular complexity index is 1220. The maximum Gasteiger partial charge on any atom is 0.330 e. The van der Waals surface area contributed by atoms with E-state index >= 15 is 0 Å². The molecule has 4 atom stereocenters. The lowest BCUT2D eigenvalue weighted by molar-refractivity contribution is 0.258. The van der Waals surface area contributed by atoms with Gasteiger partial charge in [0, 0.05) is 18.5 Å². The van der Waals surface area contributed by atoms with Gasteiger partial charge in [-0.1, -0.05) is 37.3 Å². The molecule has 30 heavy (non-hydrogen) atoms. The SMILES string of the molecule is CCCn1c(=O)[nH]c2nc(C34C[C@@H]5CC3C[C@@H](C5)C4)n(Cc3ccccc3)c2c1=O. The highest BCUT2D eigenvalue weighted by Crippen LogP contribution is 2.65. The maximum atomic E-state index is 13.4. The summed E-state index contributed by atoms with van der Waals surface area (Å²) in [5.41, 5.74) is 1.69. The van der Waals surface area contributed by atoms with E-state index in [0.717, 1.165) is 29.6 Å². The fraction of sp³-hybridized carbons (Fsp3) is 0.542. The summed E-state index contributed by atoms with van der Waals surface area (Å²) < 4.78 is 3.49. The van der Waals surface area contributed by atoms with E-state index in [-0.39, 0.29) is 16.7 Å². The molecule has 156 valence electrons. The number of benzene rings is 1. The van der Waals surface area contributed by atoms with Crippen LogP contribution in [0.1, 0.15) is 56.8 Å². The van der Waals surface area contributed by atoms with Crippen molar-refractivity contribution in [2.45, 2.75) is 64.0 Å². The molecule has 4 aliphatic rings. The number of H-pyrrole nitrogens is 1. The molecule has 4 saturated carbocycles. The van der Waals surface area contributed by atoms with Crippen molar-refractivity contribution in [3.8, 4) is 0 Å². The number of hydrogen-bond donors (Lipinski definition) is 1. The van der Waals surface area contributed by atoms with Crippen molar-refractivity contribution in [3.63, 3.8) is 0 Å². The molecule has 0 saturated heterocycles. The van der Waals surface area contributed by atoms with Crippen molar-refractivity contribution in [1.29, 1.82) is 0 Å². The molecule has 1 N–H and O–H groups in total. The van der Waals surface area contributed by atoms with E-state index in [1.807, 2.05) is 25.1 Å². The van der Waals surface area contributed by atoms with Crippen LogP contribution in [0.15, 0.2) is 39.9 Å². The second kappa shape index (κ2) is 6.43. The summed E-state index contributed by atoms with van der Waals surface area (Å²) in [5, 5.41) is 0. The zero-order valence-electron chi connectivity index (χ0n) is 17.4. The average molecular weight is 405 g/mol. The molecule has 0 aliphatic heterocycles. The van der Waals surface area contributed by atoms with E-state index in [4.69, 9.17) is 4.98 Å². The molecule has 7 rings (SSSR count). The number of fused-ring (bicyclic) bond motifs is 1. The van der Waals surface area contributed by atoms with Gasteiger partial charge in [0.05, 0.1) is 0 Å². The molecule has 2 unspecified atom stereocenters. The van der Waals surface area contributed by atoms with E-state index in [9.17, 15) is 9.59 Å². The van der Waals surface area contributed by atoms with Crippen molar-refractivity contribution in [2.24, 2.45) is 17.8 Å². The van der Waals surface area contributed by atoms with Crippen LogP contribution in [-0.4, -0.2) is 19.1 Å². The summed E-state index contributed by atoms with van der Waals surface area (Å²) in [4.78, 5) is 33.9. The number of aromatic nitrogens is 4. The van der Waals surface area contributed by atoms with Gasteiger partial charge in [-0.2, -0.15) is 0 Å². The van der Waals surface area contributed by atoms with Crippen molar-refractivity contribution in [1.82, 2.24) is 19.1 Å². The van der Waals surface area contributed by atoms with Gasteiger partial charge in [0.25, 0.3) is 5.56 Å². The molecule has 3 aromatic rings. The fourth-order valence-corrected chi connectivity index (χ4v) is 7.03. The molecule has 4 bridgehead atoms. The first-order valence-electron chi connectivity index (χ1n) is 11.4. The third-order valence-corrected chi connectivity index (χ3v) is 7.95. The molecule has 6 heteroatoms. The summed E-state index contributed by atoms with van der Waals surface area (Å²) in [6.07, 6.45) is 7.05. The zero-order valence-corrected chi connectivity index (χ0v) is 17.4. The van der Waals surface area contributed by atoms with Crippen LogP contribution in [0.2, 0.25) is 0 Å². The third-order valence-electron chi connectivity index (χ3n) is 7.95. The lowest BCUT2D eigenvalue weighted by Crippen LogP contribution is -2.36. The Morgan fingerprint density at radius 3 is 2.50 bits per heavy atom. The maximum absolute atomic E-state index is 13.4. The van der Waals surface area contributed by atoms with E-state index in [1.165, 1.54) is 36.7 Å². The summed E-state index contributed by atoms with van der Waals surface area (Å²) in [7, 11) is 0. The van der Waals surface area contributed by atoms with E-state index < -0.39 is 0 Å². The Morgan fingerprint density at radius 2 is 1.80 bits per heavy atom. The van der Waals surface area contributed by atoms with Crippen LogP contribution in [0.4, 0.5) is 0 Å². The molecule has 4 aliphatic carbocycles. The van der Waals surface area contributed by atoms with E-state index in [0.29, 0.717) is 30.2 Å². The first kappa shape index (κ1) is 18.2. The molecule has 6 nitrogen and oxygen atoms in total. The molecular formula is C24H28N4O2. The summed E-state index contributed by atoms with van der Waals surface area (Å²) >= 11 is 0. The molecule has 2 aromatic heterocycles. The van der Waals surface area contributed by atoms with Gasteiger partial charge in [-0.05, 0) is 61.8 Å². The van der Waals surface area contributed by atoms with Crippen molar-refractivity contribution in [2.75, 3.05) is 0 Å². The highest BCUT2D eigenvalue weighted by atomic mass is 16.2. The molecule has 4 fully saturated rings. The van der Waals surface area contributed by atoms with Gasteiger partial charge in [0.2, 0.25) is 0 Å². The van der Waals surface area contributed by atoms with Crippen molar-refractivity contribution >= 4 is 11.2 Å². The van der Waals surface area contributed by atoms with Crippen LogP contribution in [0, 0.1) is 17.8 Å². The predicted molar refractivity (Wildman–Crippen MR) is 116 cm³/mol. The molecule has 0 spiro atoms. The standard InChI is InChI=1S/C24H28N4O2/c1-2-8-27-21(29)19-20(26-23(27)30)25-22(28(19)14-15-6-4-3-5-7-15)24-12-16-9-17(13-24)11-18(24)10-16/h3-7,16-18H,2,8-14H2,1H3,(H,26,30)/t16-,17+,18?,24?. The number of nitrogens with one attached hydrogen (secondary N) is 1. The minimum absolute atomic E-state index is 0.0697. The largest absolute Gasteiger partial charge is 0.330 e. The van der Waals surface area contributed by atoms with Crippen LogP contribution in [0.3, 0.4) is 0 Å². The minimum atomic E-state index is -0.347. The Morgan fingerprint density at radius 1 is 1.07 bits per heavy atom. The lowest BCUT2D eigenvalue weighted by atomic mass is 9.75. The lowest BCUT2D eigenvalue weighted by Gasteiger charge is -2.32. The molecule has 1 aromatic carbocycles. The van der Waals surface area contributed by atoms with Crippen LogP contribution < -0.4 is 11.2 Å². The first-order chi connectivity index (χ1) is 14.6. The van der Waals surface area contributed by atoms with Gasteiger partial charge < -0.3 is 4.57 Å². The number of imidazole rings is 1. The van der Waals surface area contributed by atoms with Gasteiger partial charge in [0.1, 0.15) is 5.82 Å². The Hall–Kier alpha value is -2.63. The van der Waals surface area contributed by atoms with Crippen molar-refractivity contribution in [3.05, 3.63) is 62.6 Å². The number of hydrogen-bond acceptors (Lipinski definition) is 3. The van der Waals surface area contributed by atoms with Gasteiger partial charge in [-0.15, -0.1) is 0 Å². The van der Waals surface area contributed by atoms with Crippen LogP contribution in [-0.2, 0) is 18.5 Å². The van der Waals surface area contributed by atoms with E-state index in [2.05, 4.69) is 21.7 Å². The topological polar surface area (TPSA) is 72.7 Å². The van der Waals surface area contributed by atoms with Crippen molar-refractivity contribution < 1.29 is 0 Å². The van der Waals surface area contributed by atoms with Crippen LogP contribution >= 0.6 is 0 Å². The number of aromatic amines is 1. The molecular weight excluding hydrogens is 376 g/mol. The molecule has 0 radical (unpaired) electrons. The van der Waals surface area contributed by atoms with E-state index in [1.54, 1.807) is 0 Å². The van der Waals surface area contributed by atoms with Gasteiger partial charge in [-0.3, -0.25) is 14.3 Å². The zero-order chi connectivity index (χ0) is 20.5. The second-order valence-corrected chi connectivity index (χ2v) is 9.79. The Labute approximate surface area is 175 Å². The normalized spacial score (nSPS) is 29.3. The average Bonchev–Trinajstić information content (AvgIpc) is 3.30. The number of nitrogens with zero attached hydrogens (tertiary/aromatic N) is 3. The smallest absolute Gasteiger partial charge is 0.317 e. The second-order valence-electron chi connectivity index (χ2n) is 9.79. The van der Waals surface area contributed by atoms with Gasteiger partial charge >= 0.3 is 5.69 Å². The van der Waals surface area contributed by atoms with Crippen LogP contribution in [0.5, 0.6) is 0 Å². The number of rotatable bonds is 5. The predicted octanol–water partition coefficient (Wildman–Crippen LogP) is 3.42. The third kappa shape index (κ3) is 2.45. The quantitative estimate of drug-likeness (QED) is 0.708. The van der Waals surface area contributed by atoms with Crippen LogP contribution in [0.25, 0.3) is 11.2 Å². The summed E-state index contributed by atoms with van der Waals surface area (Å²) in [6, 6.07) is 10.3. The highest BCUT2D eigenvalue weighted by molar-refractivity contribution is 5.71. The summed E-state index contributed by atoms with van der Waals surface area (Å²) in [6.45, 7) is 3.02. The molecule has 0 amide bonds. The molecule has 2 heterocycles. The highest BCUT2D eigenvalue weighted by Gasteiger charge is 2.60.